The average molecular weight is 910 g/mol. The molecule has 10 nitrogen and oxygen atoms in total. The highest BCUT2D eigenvalue weighted by molar-refractivity contribution is 7.45. The maximum absolute atomic E-state index is 12.7. The molecule has 0 fully saturated rings. The Labute approximate surface area is 386 Å². The second-order valence-corrected chi connectivity index (χ2v) is 19.8. The van der Waals surface area contributed by atoms with Crippen LogP contribution in [0.1, 0.15) is 213 Å². The molecule has 0 rings (SSSR count). The molecule has 0 spiro atoms. The Balaban J connectivity index is 4.39. The largest absolute Gasteiger partial charge is 0.756 e. The highest BCUT2D eigenvalue weighted by atomic mass is 31.2. The number of unbranched alkanes of at least 4 members (excludes halogenated alkanes) is 23. The fourth-order valence-electron chi connectivity index (χ4n) is 6.94. The summed E-state index contributed by atoms with van der Waals surface area (Å²) in [5.74, 6) is -1.03. The summed E-state index contributed by atoms with van der Waals surface area (Å²) in [6, 6.07) is 0. The molecule has 0 aliphatic rings. The number of phosphoric acid groups is 1. The number of aliphatic hydroxyl groups is 1. The lowest BCUT2D eigenvalue weighted by Gasteiger charge is -2.28. The molecular formula is C52H96NO9P. The van der Waals surface area contributed by atoms with Crippen LogP contribution in [-0.4, -0.2) is 81.2 Å². The molecule has 0 aliphatic carbocycles. The van der Waals surface area contributed by atoms with Crippen LogP contribution in [0.25, 0.3) is 0 Å². The van der Waals surface area contributed by atoms with Crippen LogP contribution in [0.4, 0.5) is 0 Å². The molecule has 3 atom stereocenters. The summed E-state index contributed by atoms with van der Waals surface area (Å²) < 4.78 is 33.9. The minimum absolute atomic E-state index is 0.0494. The number of aliphatic hydroxyl groups excluding tert-OH is 1. The molecule has 0 aromatic carbocycles. The number of esters is 2. The molecule has 368 valence electrons. The molecule has 0 bridgehead atoms. The van der Waals surface area contributed by atoms with Gasteiger partial charge >= 0.3 is 11.9 Å². The predicted octanol–water partition coefficient (Wildman–Crippen LogP) is 13.4. The van der Waals surface area contributed by atoms with E-state index in [0.29, 0.717) is 30.3 Å². The molecule has 11 heteroatoms. The van der Waals surface area contributed by atoms with Crippen LogP contribution in [-0.2, 0) is 32.7 Å². The number of rotatable bonds is 46. The van der Waals surface area contributed by atoms with Crippen molar-refractivity contribution in [2.24, 2.45) is 0 Å². The van der Waals surface area contributed by atoms with E-state index in [4.69, 9.17) is 18.5 Å². The van der Waals surface area contributed by atoms with Crippen molar-refractivity contribution >= 4 is 19.8 Å². The van der Waals surface area contributed by atoms with Crippen molar-refractivity contribution in [1.29, 1.82) is 0 Å². The lowest BCUT2D eigenvalue weighted by molar-refractivity contribution is -0.870. The van der Waals surface area contributed by atoms with Gasteiger partial charge in [-0.3, -0.25) is 14.2 Å². The second kappa shape index (κ2) is 43.8. The lowest BCUT2D eigenvalue weighted by atomic mass is 10.0. The lowest BCUT2D eigenvalue weighted by Crippen LogP contribution is -2.37. The Bertz CT molecular complexity index is 1230. The van der Waals surface area contributed by atoms with Crippen LogP contribution in [0.3, 0.4) is 0 Å². The number of phosphoric ester groups is 1. The van der Waals surface area contributed by atoms with E-state index in [1.54, 1.807) is 12.2 Å². The van der Waals surface area contributed by atoms with Crippen LogP contribution < -0.4 is 4.89 Å². The Kier molecular flexibility index (Phi) is 42.4. The van der Waals surface area contributed by atoms with Gasteiger partial charge in [0.15, 0.2) is 6.10 Å². The monoisotopic (exact) mass is 910 g/mol. The molecule has 0 aliphatic heterocycles. The van der Waals surface area contributed by atoms with Crippen molar-refractivity contribution in [1.82, 2.24) is 0 Å². The van der Waals surface area contributed by atoms with E-state index < -0.39 is 38.6 Å². The van der Waals surface area contributed by atoms with Crippen molar-refractivity contribution in [3.63, 3.8) is 0 Å². The minimum atomic E-state index is -4.67. The fourth-order valence-corrected chi connectivity index (χ4v) is 7.66. The van der Waals surface area contributed by atoms with E-state index in [0.717, 1.165) is 38.5 Å². The highest BCUT2D eigenvalue weighted by Crippen LogP contribution is 2.38. The number of carbonyl (C=O) groups is 2. The van der Waals surface area contributed by atoms with E-state index in [9.17, 15) is 24.2 Å². The van der Waals surface area contributed by atoms with E-state index >= 15 is 0 Å². The van der Waals surface area contributed by atoms with E-state index in [1.165, 1.54) is 128 Å². The Morgan fingerprint density at radius 2 is 1.06 bits per heavy atom. The van der Waals surface area contributed by atoms with Crippen molar-refractivity contribution < 1.29 is 47.2 Å². The predicted molar refractivity (Wildman–Crippen MR) is 260 cm³/mol. The topological polar surface area (TPSA) is 131 Å². The van der Waals surface area contributed by atoms with Gasteiger partial charge in [-0.25, -0.2) is 0 Å². The summed E-state index contributed by atoms with van der Waals surface area (Å²) in [7, 11) is 1.07. The molecule has 0 heterocycles. The van der Waals surface area contributed by atoms with E-state index in [-0.39, 0.29) is 26.1 Å². The quantitative estimate of drug-likeness (QED) is 0.0158. The first-order valence-electron chi connectivity index (χ1n) is 25.5. The van der Waals surface area contributed by atoms with Gasteiger partial charge in [-0.1, -0.05) is 204 Å². The number of carbonyl (C=O) groups excluding carboxylic acids is 2. The van der Waals surface area contributed by atoms with Gasteiger partial charge in [0.05, 0.1) is 33.9 Å². The maximum atomic E-state index is 12.7. The molecule has 0 saturated heterocycles. The molecule has 0 aromatic heterocycles. The zero-order chi connectivity index (χ0) is 46.5. The zero-order valence-electron chi connectivity index (χ0n) is 41.1. The number of nitrogens with zero attached hydrogens (tertiary/aromatic N) is 1. The van der Waals surface area contributed by atoms with Crippen LogP contribution in [0.2, 0.25) is 0 Å². The number of allylic oxidation sites excluding steroid dienone is 7. The summed E-state index contributed by atoms with van der Waals surface area (Å²) in [5.41, 5.74) is 0. The first-order chi connectivity index (χ1) is 30.4. The first kappa shape index (κ1) is 60.9. The third kappa shape index (κ3) is 47.7. The summed E-state index contributed by atoms with van der Waals surface area (Å²) in [6.45, 7) is 4.00. The highest BCUT2D eigenvalue weighted by Gasteiger charge is 2.22. The number of likely N-dealkylation sites (N-methyl/N-ethyl adjacent to an activating group) is 1. The van der Waals surface area contributed by atoms with Crippen LogP contribution in [0, 0.1) is 0 Å². The van der Waals surface area contributed by atoms with Crippen molar-refractivity contribution in [2.75, 3.05) is 47.5 Å². The molecule has 0 amide bonds. The Hall–Kier alpha value is -2.07. The summed E-state index contributed by atoms with van der Waals surface area (Å²) in [4.78, 5) is 37.7. The number of hydrogen-bond donors (Lipinski definition) is 1. The number of quaternary nitrogens is 1. The van der Waals surface area contributed by atoms with E-state index in [1.807, 2.05) is 33.3 Å². The third-order valence-electron chi connectivity index (χ3n) is 11.0. The number of ether oxygens (including phenoxy) is 2. The van der Waals surface area contributed by atoms with Gasteiger partial charge in [0.2, 0.25) is 0 Å². The van der Waals surface area contributed by atoms with Gasteiger partial charge in [-0.15, -0.1) is 0 Å². The van der Waals surface area contributed by atoms with Gasteiger partial charge in [0.25, 0.3) is 7.82 Å². The maximum Gasteiger partial charge on any atom is 0.306 e. The molecule has 0 aromatic rings. The van der Waals surface area contributed by atoms with Crippen molar-refractivity contribution in [3.05, 3.63) is 48.6 Å². The Morgan fingerprint density at radius 1 is 0.587 bits per heavy atom. The minimum Gasteiger partial charge on any atom is -0.756 e. The second-order valence-electron chi connectivity index (χ2n) is 18.4. The van der Waals surface area contributed by atoms with Gasteiger partial charge in [0.1, 0.15) is 19.8 Å². The standard InChI is InChI=1S/C52H96NO9P/c1-6-8-10-12-14-16-18-20-21-22-23-24-25-26-27-29-31-33-35-37-39-43-52(56)62-50(48-61-63(57,58)60-46-45-53(3,4)5)47-59-51(55)44-40-42-49(54)41-38-36-34-32-30-28-19-17-15-13-11-9-7-2/h15,17,28,30,34,36,38,41,49-50,54H,6-14,16,18-27,29,31-33,35,37,39-40,42-48H2,1-5H3/b17-15-,30-28-,36-34-,41-38+/t49-,50-/m1/s1. The molecule has 63 heavy (non-hydrogen) atoms. The summed E-state index contributed by atoms with van der Waals surface area (Å²) >= 11 is 0. The van der Waals surface area contributed by atoms with Gasteiger partial charge in [0, 0.05) is 12.8 Å². The Morgan fingerprint density at radius 3 is 1.60 bits per heavy atom. The van der Waals surface area contributed by atoms with Crippen LogP contribution in [0.5, 0.6) is 0 Å². The molecule has 0 radical (unpaired) electrons. The number of hydrogen-bond acceptors (Lipinski definition) is 9. The van der Waals surface area contributed by atoms with Crippen LogP contribution >= 0.6 is 7.82 Å². The normalized spacial score (nSPS) is 14.3. The van der Waals surface area contributed by atoms with Crippen LogP contribution in [0.15, 0.2) is 48.6 Å². The summed E-state index contributed by atoms with van der Waals surface area (Å²) in [6.07, 6.45) is 48.9. The zero-order valence-corrected chi connectivity index (χ0v) is 42.0. The van der Waals surface area contributed by atoms with Crippen molar-refractivity contribution in [2.45, 2.75) is 225 Å². The smallest absolute Gasteiger partial charge is 0.306 e. The fraction of sp³-hybridized carbons (Fsp3) is 0.808. The molecular weight excluding hydrogens is 814 g/mol. The third-order valence-corrected chi connectivity index (χ3v) is 11.9. The van der Waals surface area contributed by atoms with Gasteiger partial charge < -0.3 is 33.0 Å². The molecule has 1 N–H and O–H groups in total. The first-order valence-corrected chi connectivity index (χ1v) is 26.9. The molecule has 1 unspecified atom stereocenters. The van der Waals surface area contributed by atoms with Gasteiger partial charge in [-0.2, -0.15) is 0 Å². The summed E-state index contributed by atoms with van der Waals surface area (Å²) in [5, 5.41) is 10.3. The SMILES string of the molecule is CCCCC/C=C\C/C=C\C/C=C\C=C\[C@@H](O)CCCC(=O)OC[C@H](COP(=O)([O-])OCC[N+](C)(C)C)OC(=O)CCCCCCCCCCCCCCCCCCCCCCC. The van der Waals surface area contributed by atoms with Gasteiger partial charge in [-0.05, 0) is 44.9 Å². The molecule has 0 saturated carbocycles. The van der Waals surface area contributed by atoms with E-state index in [2.05, 4.69) is 38.2 Å². The average Bonchev–Trinajstić information content (AvgIpc) is 3.23. The van der Waals surface area contributed by atoms with Crippen molar-refractivity contribution in [3.8, 4) is 0 Å².